The van der Waals surface area contributed by atoms with Crippen molar-refractivity contribution < 1.29 is 61.0 Å². The summed E-state index contributed by atoms with van der Waals surface area (Å²) in [5.41, 5.74) is -0.664. The van der Waals surface area contributed by atoms with Gasteiger partial charge in [-0.05, 0) is 0 Å². The third-order valence-electron chi connectivity index (χ3n) is 3.67. The van der Waals surface area contributed by atoms with Gasteiger partial charge in [0, 0.05) is 7.11 Å². The minimum absolute atomic E-state index is 0.00818. The average Bonchev–Trinajstić information content (AvgIpc) is 2.92. The van der Waals surface area contributed by atoms with Crippen LogP contribution in [0.2, 0.25) is 0 Å². The Morgan fingerprint density at radius 1 is 1.23 bits per heavy atom. The van der Waals surface area contributed by atoms with Crippen LogP contribution in [-0.4, -0.2) is 66.7 Å². The van der Waals surface area contributed by atoms with Gasteiger partial charge < -0.3 is 39.1 Å². The number of aromatic nitrogens is 2. The molecule has 0 saturated carbocycles. The first-order chi connectivity index (χ1) is 14.2. The van der Waals surface area contributed by atoms with Crippen molar-refractivity contribution in [3.63, 3.8) is 0 Å². The summed E-state index contributed by atoms with van der Waals surface area (Å²) in [4.78, 5) is 53.2. The predicted molar refractivity (Wildman–Crippen MR) is 97.0 cm³/mol. The molecular weight excluding hydrogens is 489 g/mol. The molecule has 174 valence electrons. The molecule has 31 heavy (non-hydrogen) atoms. The second-order valence-electron chi connectivity index (χ2n) is 5.82. The largest absolute Gasteiger partial charge is 0.490 e. The van der Waals surface area contributed by atoms with E-state index in [1.54, 1.807) is 0 Å². The summed E-state index contributed by atoms with van der Waals surface area (Å²) in [6, 6.07) is 0. The number of phosphoric acid groups is 3. The van der Waals surface area contributed by atoms with Crippen LogP contribution in [-0.2, 0) is 36.3 Å². The maximum Gasteiger partial charge on any atom is 0.490 e. The van der Waals surface area contributed by atoms with E-state index in [0.717, 1.165) is 6.20 Å². The molecule has 6 N–H and O–H groups in total. The molecule has 2 heterocycles. The second kappa shape index (κ2) is 9.70. The number of aliphatic hydroxyl groups excluding tert-OH is 1. The molecule has 0 spiro atoms. The van der Waals surface area contributed by atoms with Gasteiger partial charge in [0.1, 0.15) is 35.8 Å². The quantitative estimate of drug-likeness (QED) is 0.172. The molecular formula is C12H17N2O14P3. The van der Waals surface area contributed by atoms with Gasteiger partial charge in [-0.2, -0.15) is 8.62 Å². The molecule has 0 aromatic carbocycles. The highest BCUT2D eigenvalue weighted by atomic mass is 31.3. The van der Waals surface area contributed by atoms with Crippen LogP contribution in [0.3, 0.4) is 0 Å². The van der Waals surface area contributed by atoms with Gasteiger partial charge in [-0.15, -0.1) is 6.42 Å². The molecule has 1 aliphatic rings. The zero-order valence-corrected chi connectivity index (χ0v) is 18.1. The fourth-order valence-corrected chi connectivity index (χ4v) is 5.60. The van der Waals surface area contributed by atoms with Gasteiger partial charge in [0.05, 0.1) is 12.8 Å². The monoisotopic (exact) mass is 506 g/mol. The number of aliphatic hydroxyl groups is 1. The highest BCUT2D eigenvalue weighted by Crippen LogP contribution is 2.66. The van der Waals surface area contributed by atoms with Gasteiger partial charge in [-0.25, -0.2) is 18.7 Å². The van der Waals surface area contributed by atoms with E-state index in [9.17, 15) is 28.5 Å². The maximum atomic E-state index is 11.8. The van der Waals surface area contributed by atoms with E-state index in [1.807, 2.05) is 0 Å². The molecule has 3 unspecified atom stereocenters. The van der Waals surface area contributed by atoms with E-state index >= 15 is 0 Å². The summed E-state index contributed by atoms with van der Waals surface area (Å²) in [7, 11) is -15.5. The van der Waals surface area contributed by atoms with E-state index in [2.05, 4.69) is 29.0 Å². The van der Waals surface area contributed by atoms with E-state index in [1.165, 1.54) is 7.11 Å². The van der Waals surface area contributed by atoms with Crippen LogP contribution in [0, 0.1) is 12.3 Å². The third-order valence-corrected chi connectivity index (χ3v) is 7.47. The number of methoxy groups -OCH3 is 1. The predicted octanol–water partition coefficient (Wildman–Crippen LogP) is -1.09. The molecule has 0 bridgehead atoms. The molecule has 19 heteroatoms. The Balaban J connectivity index is 2.14. The average molecular weight is 506 g/mol. The zero-order chi connectivity index (χ0) is 23.6. The summed E-state index contributed by atoms with van der Waals surface area (Å²) < 4.78 is 56.0. The number of hydrogen-bond donors (Lipinski definition) is 6. The van der Waals surface area contributed by atoms with Crippen LogP contribution in [0.25, 0.3) is 0 Å². The molecule has 1 aliphatic heterocycles. The lowest BCUT2D eigenvalue weighted by atomic mass is 10.0. The number of hydrogen-bond acceptors (Lipinski definition) is 11. The van der Waals surface area contributed by atoms with Gasteiger partial charge in [0.2, 0.25) is 0 Å². The van der Waals surface area contributed by atoms with Crippen LogP contribution in [0.1, 0.15) is 17.5 Å². The fraction of sp³-hybridized carbons (Fsp3) is 0.500. The Morgan fingerprint density at radius 2 is 1.87 bits per heavy atom. The van der Waals surface area contributed by atoms with E-state index in [-0.39, 0.29) is 11.4 Å². The van der Waals surface area contributed by atoms with Crippen molar-refractivity contribution >= 4 is 23.5 Å². The molecule has 0 radical (unpaired) electrons. The van der Waals surface area contributed by atoms with Crippen LogP contribution in [0.15, 0.2) is 11.0 Å². The third kappa shape index (κ3) is 7.11. The van der Waals surface area contributed by atoms with Gasteiger partial charge in [0.25, 0.3) is 5.56 Å². The standard InChI is InChI=1S/C12H17N2O14P3/c1-3-6-9(13-4-8(15)14-6)11-12(24-2)10(16)7(26-11)5-25-30(20,21)28-31(22,23)27-29(17,18)19/h1,4,7,10-12,16H,5H2,2H3,(H,14,15)(H,20,21)(H,22,23)(H2,17,18,19)/t7-,10?,11+,12+/m1/s1. The Morgan fingerprint density at radius 3 is 2.42 bits per heavy atom. The fourth-order valence-electron chi connectivity index (χ4n) is 2.57. The summed E-state index contributed by atoms with van der Waals surface area (Å²) >= 11 is 0. The molecule has 1 saturated heterocycles. The van der Waals surface area contributed by atoms with Crippen LogP contribution >= 0.6 is 23.5 Å². The molecule has 16 nitrogen and oxygen atoms in total. The van der Waals surface area contributed by atoms with Crippen molar-refractivity contribution in [2.45, 2.75) is 24.4 Å². The first-order valence-electron chi connectivity index (χ1n) is 7.88. The zero-order valence-electron chi connectivity index (χ0n) is 15.4. The van der Waals surface area contributed by atoms with Crippen molar-refractivity contribution in [1.82, 2.24) is 9.97 Å². The summed E-state index contributed by atoms with van der Waals surface area (Å²) in [6.45, 7) is -0.921. The molecule has 0 amide bonds. The molecule has 1 aromatic rings. The van der Waals surface area contributed by atoms with E-state index in [0.29, 0.717) is 0 Å². The normalized spacial score (nSPS) is 27.9. The number of terminal acetylenes is 1. The number of nitrogens with zero attached hydrogens (tertiary/aromatic N) is 1. The minimum Gasteiger partial charge on any atom is -0.387 e. The van der Waals surface area contributed by atoms with Crippen LogP contribution in [0.5, 0.6) is 0 Å². The smallest absolute Gasteiger partial charge is 0.387 e. The first-order valence-corrected chi connectivity index (χ1v) is 12.4. The lowest BCUT2D eigenvalue weighted by Gasteiger charge is -2.19. The maximum absolute atomic E-state index is 11.8. The lowest BCUT2D eigenvalue weighted by Crippen LogP contribution is -2.34. The molecule has 6 atom stereocenters. The van der Waals surface area contributed by atoms with Gasteiger partial charge >= 0.3 is 23.5 Å². The second-order valence-corrected chi connectivity index (χ2v) is 10.2. The number of phosphoric ester groups is 1. The molecule has 2 rings (SSSR count). The highest BCUT2D eigenvalue weighted by Gasteiger charge is 2.48. The topological polar surface area (TPSA) is 244 Å². The number of nitrogens with one attached hydrogen (secondary N) is 1. The number of H-pyrrole nitrogens is 1. The van der Waals surface area contributed by atoms with Crippen molar-refractivity contribution in [3.05, 3.63) is 27.9 Å². The van der Waals surface area contributed by atoms with Gasteiger partial charge in [0.15, 0.2) is 0 Å². The molecule has 0 aliphatic carbocycles. The summed E-state index contributed by atoms with van der Waals surface area (Å²) in [5.74, 6) is 2.18. The van der Waals surface area contributed by atoms with Crippen molar-refractivity contribution in [2.24, 2.45) is 0 Å². The molecule has 1 fully saturated rings. The summed E-state index contributed by atoms with van der Waals surface area (Å²) in [6.07, 6.45) is 1.05. The Hall–Kier alpha value is -1.27. The van der Waals surface area contributed by atoms with Crippen molar-refractivity contribution in [1.29, 1.82) is 0 Å². The first kappa shape index (κ1) is 26.0. The van der Waals surface area contributed by atoms with Gasteiger partial charge in [-0.1, -0.05) is 5.92 Å². The van der Waals surface area contributed by atoms with Crippen molar-refractivity contribution in [2.75, 3.05) is 13.7 Å². The number of rotatable bonds is 9. The Kier molecular flexibility index (Phi) is 8.13. The van der Waals surface area contributed by atoms with Crippen LogP contribution < -0.4 is 5.56 Å². The lowest BCUT2D eigenvalue weighted by molar-refractivity contribution is -0.0247. The van der Waals surface area contributed by atoms with Gasteiger partial charge in [-0.3, -0.25) is 9.32 Å². The minimum atomic E-state index is -5.70. The Labute approximate surface area is 173 Å². The molecule has 1 aromatic heterocycles. The van der Waals surface area contributed by atoms with Crippen molar-refractivity contribution in [3.8, 4) is 12.3 Å². The Bertz CT molecular complexity index is 1050. The van der Waals surface area contributed by atoms with E-state index in [4.69, 9.17) is 30.6 Å². The van der Waals surface area contributed by atoms with E-state index < -0.39 is 60.1 Å². The highest BCUT2D eigenvalue weighted by molar-refractivity contribution is 7.66. The number of aromatic amines is 1. The summed E-state index contributed by atoms with van der Waals surface area (Å²) in [5, 5.41) is 10.4. The number of ether oxygens (including phenoxy) is 2. The van der Waals surface area contributed by atoms with Crippen LogP contribution in [0.4, 0.5) is 0 Å². The SMILES string of the molecule is C#Cc1[nH]c(=O)cnc1[C@@H]1O[C@H](COP(=O)(O)OP(=O)(O)OP(=O)(O)O)C(O)[C@@H]1OC.